The molecule has 0 bridgehead atoms. The molecule has 1 aliphatic carbocycles. The molecule has 1 saturated carbocycles. The Morgan fingerprint density at radius 3 is 2.86 bits per heavy atom. The van der Waals surface area contributed by atoms with Crippen LogP contribution in [-0.4, -0.2) is 38.1 Å². The maximum atomic E-state index is 12.9. The Labute approximate surface area is 158 Å². The Kier molecular flexibility index (Phi) is 3.52. The molecule has 28 heavy (non-hydrogen) atoms. The van der Waals surface area contributed by atoms with Crippen LogP contribution in [-0.2, 0) is 16.5 Å². The smallest absolute Gasteiger partial charge is 0.416 e. The van der Waals surface area contributed by atoms with Crippen molar-refractivity contribution in [3.8, 4) is 17.0 Å². The predicted molar refractivity (Wildman–Crippen MR) is 93.7 cm³/mol. The number of fused-ring (bicyclic) bond motifs is 2. The van der Waals surface area contributed by atoms with Gasteiger partial charge in [0.2, 0.25) is 0 Å². The number of aromatic hydroxyl groups is 1. The normalized spacial score (nSPS) is 24.4. The first kappa shape index (κ1) is 17.4. The Bertz CT molecular complexity index is 1070. The van der Waals surface area contributed by atoms with E-state index in [4.69, 9.17) is 4.74 Å². The van der Waals surface area contributed by atoms with E-state index >= 15 is 0 Å². The van der Waals surface area contributed by atoms with E-state index in [1.54, 1.807) is 0 Å². The molecule has 0 radical (unpaired) electrons. The molecule has 3 heterocycles. The van der Waals surface area contributed by atoms with Gasteiger partial charge in [0, 0.05) is 18.1 Å². The number of ether oxygens (including phenoxy) is 1. The molecule has 2 atom stereocenters. The van der Waals surface area contributed by atoms with E-state index in [9.17, 15) is 18.3 Å². The van der Waals surface area contributed by atoms with E-state index in [0.717, 1.165) is 25.5 Å². The first-order valence-electron chi connectivity index (χ1n) is 9.00. The summed E-state index contributed by atoms with van der Waals surface area (Å²) in [6, 6.07) is 1.71. The molecule has 146 valence electrons. The molecule has 1 aliphatic heterocycles. The minimum atomic E-state index is -4.53. The van der Waals surface area contributed by atoms with Gasteiger partial charge in [-0.25, -0.2) is 9.97 Å². The highest BCUT2D eigenvalue weighted by Crippen LogP contribution is 2.55. The van der Waals surface area contributed by atoms with Crippen molar-refractivity contribution >= 4 is 11.2 Å². The van der Waals surface area contributed by atoms with Gasteiger partial charge >= 0.3 is 6.18 Å². The highest BCUT2D eigenvalue weighted by molar-refractivity contribution is 5.77. The number of benzene rings is 1. The number of nitrogens with zero attached hydrogens (tertiary/aromatic N) is 4. The first-order valence-corrected chi connectivity index (χ1v) is 9.00. The minimum Gasteiger partial charge on any atom is -0.507 e. The molecule has 0 unspecified atom stereocenters. The average molecular weight is 390 g/mol. The van der Waals surface area contributed by atoms with E-state index in [0.29, 0.717) is 35.4 Å². The Morgan fingerprint density at radius 2 is 2.14 bits per heavy atom. The molecule has 0 amide bonds. The number of phenols is 1. The van der Waals surface area contributed by atoms with Crippen LogP contribution in [0.25, 0.3) is 22.4 Å². The fraction of sp³-hybridized carbons (Fsp3) is 0.421. The van der Waals surface area contributed by atoms with Gasteiger partial charge < -0.3 is 9.84 Å². The quantitative estimate of drug-likeness (QED) is 0.723. The largest absolute Gasteiger partial charge is 0.507 e. The SMILES string of the molecule is Cc1cc(C(F)(F)F)cc(O)c1-c1cnc2cn([C@]34CCOC[C@H]3C4)nc2n1. The number of rotatable bonds is 2. The molecule has 2 aromatic heterocycles. The van der Waals surface area contributed by atoms with Gasteiger partial charge in [-0.15, -0.1) is 0 Å². The topological polar surface area (TPSA) is 73.1 Å². The number of aryl methyl sites for hydroxylation is 1. The van der Waals surface area contributed by atoms with Crippen molar-refractivity contribution in [1.82, 2.24) is 19.7 Å². The zero-order chi connectivity index (χ0) is 19.7. The second-order valence-electron chi connectivity index (χ2n) is 7.55. The minimum absolute atomic E-state index is 0.0345. The number of alkyl halides is 3. The third-order valence-corrected chi connectivity index (χ3v) is 5.78. The van der Waals surface area contributed by atoms with Gasteiger partial charge in [-0.2, -0.15) is 18.3 Å². The molecular formula is C19H17F3N4O2. The maximum Gasteiger partial charge on any atom is 0.416 e. The predicted octanol–water partition coefficient (Wildman–Crippen LogP) is 3.66. The number of phenolic OH excluding ortho intramolecular Hbond substituents is 1. The van der Waals surface area contributed by atoms with Gasteiger partial charge in [-0.05, 0) is 37.5 Å². The second kappa shape index (κ2) is 5.66. The van der Waals surface area contributed by atoms with Gasteiger partial charge in [0.1, 0.15) is 11.3 Å². The molecule has 5 rings (SSSR count). The van der Waals surface area contributed by atoms with E-state index in [1.165, 1.54) is 13.1 Å². The lowest BCUT2D eigenvalue weighted by atomic mass is 10.0. The van der Waals surface area contributed by atoms with Crippen LogP contribution in [0.5, 0.6) is 5.75 Å². The van der Waals surface area contributed by atoms with E-state index < -0.39 is 17.5 Å². The van der Waals surface area contributed by atoms with Crippen LogP contribution in [0, 0.1) is 12.8 Å². The van der Waals surface area contributed by atoms with Crippen LogP contribution >= 0.6 is 0 Å². The van der Waals surface area contributed by atoms with Crippen LogP contribution in [0.3, 0.4) is 0 Å². The van der Waals surface area contributed by atoms with Gasteiger partial charge in [0.25, 0.3) is 0 Å². The van der Waals surface area contributed by atoms with Crippen molar-refractivity contribution in [2.45, 2.75) is 31.5 Å². The van der Waals surface area contributed by atoms with Crippen LogP contribution in [0.15, 0.2) is 24.5 Å². The zero-order valence-electron chi connectivity index (χ0n) is 15.0. The summed E-state index contributed by atoms with van der Waals surface area (Å²) in [6.07, 6.45) is 0.676. The maximum absolute atomic E-state index is 12.9. The lowest BCUT2D eigenvalue weighted by Crippen LogP contribution is -2.28. The molecule has 9 heteroatoms. The van der Waals surface area contributed by atoms with Crippen molar-refractivity contribution in [3.05, 3.63) is 35.7 Å². The number of hydrogen-bond donors (Lipinski definition) is 1. The van der Waals surface area contributed by atoms with Crippen molar-refractivity contribution < 1.29 is 23.0 Å². The summed E-state index contributed by atoms with van der Waals surface area (Å²) in [5.74, 6) is -0.0399. The molecule has 0 spiro atoms. The van der Waals surface area contributed by atoms with E-state index in [-0.39, 0.29) is 16.7 Å². The van der Waals surface area contributed by atoms with Gasteiger partial charge in [0.05, 0.1) is 35.8 Å². The van der Waals surface area contributed by atoms with E-state index in [2.05, 4.69) is 15.1 Å². The number of halogens is 3. The summed E-state index contributed by atoms with van der Waals surface area (Å²) < 4.78 is 46.3. The van der Waals surface area contributed by atoms with Crippen LogP contribution in [0.4, 0.5) is 13.2 Å². The molecule has 6 nitrogen and oxygen atoms in total. The van der Waals surface area contributed by atoms with Crippen molar-refractivity contribution in [3.63, 3.8) is 0 Å². The molecule has 2 fully saturated rings. The molecule has 2 aliphatic rings. The molecule has 1 saturated heterocycles. The molecule has 3 aromatic rings. The Balaban J connectivity index is 1.56. The lowest BCUT2D eigenvalue weighted by molar-refractivity contribution is -0.137. The average Bonchev–Trinajstić information content (AvgIpc) is 3.23. The second-order valence-corrected chi connectivity index (χ2v) is 7.55. The van der Waals surface area contributed by atoms with Crippen LogP contribution in [0.2, 0.25) is 0 Å². The standard InChI is InChI=1S/C19H17F3N4O2/c1-10-4-11(19(20,21)22)5-15(27)16(10)13-7-23-14-8-26(25-17(14)24-13)18-2-3-28-9-12(18)6-18/h4-5,7-8,12,27H,2-3,6,9H2,1H3/t12-,18+/m1/s1. The number of hydrogen-bond acceptors (Lipinski definition) is 5. The van der Waals surface area contributed by atoms with E-state index in [1.807, 2.05) is 10.9 Å². The van der Waals surface area contributed by atoms with Gasteiger partial charge in [0.15, 0.2) is 5.65 Å². The molecule has 1 N–H and O–H groups in total. The monoisotopic (exact) mass is 390 g/mol. The summed E-state index contributed by atoms with van der Waals surface area (Å²) in [5.41, 5.74) is 0.868. The third kappa shape index (κ3) is 2.56. The molecular weight excluding hydrogens is 373 g/mol. The Morgan fingerprint density at radius 1 is 1.32 bits per heavy atom. The molecule has 1 aromatic carbocycles. The highest BCUT2D eigenvalue weighted by atomic mass is 19.4. The van der Waals surface area contributed by atoms with Crippen molar-refractivity contribution in [2.24, 2.45) is 5.92 Å². The van der Waals surface area contributed by atoms with Crippen LogP contribution < -0.4 is 0 Å². The van der Waals surface area contributed by atoms with Gasteiger partial charge in [-0.1, -0.05) is 0 Å². The zero-order valence-corrected chi connectivity index (χ0v) is 15.0. The van der Waals surface area contributed by atoms with Crippen LogP contribution in [0.1, 0.15) is 24.0 Å². The summed E-state index contributed by atoms with van der Waals surface area (Å²) in [7, 11) is 0. The fourth-order valence-electron chi connectivity index (χ4n) is 4.17. The summed E-state index contributed by atoms with van der Waals surface area (Å²) >= 11 is 0. The highest BCUT2D eigenvalue weighted by Gasteiger charge is 2.58. The first-order chi connectivity index (χ1) is 13.3. The van der Waals surface area contributed by atoms with Crippen molar-refractivity contribution in [1.29, 1.82) is 0 Å². The fourth-order valence-corrected chi connectivity index (χ4v) is 4.17. The lowest BCUT2D eigenvalue weighted by Gasteiger charge is -2.22. The summed E-state index contributed by atoms with van der Waals surface area (Å²) in [6.45, 7) is 2.92. The Hall–Kier alpha value is -2.68. The summed E-state index contributed by atoms with van der Waals surface area (Å²) in [4.78, 5) is 8.82. The summed E-state index contributed by atoms with van der Waals surface area (Å²) in [5, 5.41) is 14.8. The van der Waals surface area contributed by atoms with Gasteiger partial charge in [-0.3, -0.25) is 4.68 Å². The third-order valence-electron chi connectivity index (χ3n) is 5.78. The van der Waals surface area contributed by atoms with Crippen molar-refractivity contribution in [2.75, 3.05) is 13.2 Å². The number of aromatic nitrogens is 4.